The first kappa shape index (κ1) is 27.0. The minimum absolute atomic E-state index is 0.0412. The molecule has 0 aromatic carbocycles. The summed E-state index contributed by atoms with van der Waals surface area (Å²) >= 11 is 0. The summed E-state index contributed by atoms with van der Waals surface area (Å²) in [5, 5.41) is 12.1. The van der Waals surface area contributed by atoms with Gasteiger partial charge in [-0.3, -0.25) is 14.4 Å². The number of hydrogen-bond donors (Lipinski definition) is 1. The lowest BCUT2D eigenvalue weighted by Crippen LogP contribution is -2.60. The Labute approximate surface area is 225 Å². The Morgan fingerprint density at radius 1 is 1.15 bits per heavy atom. The molecule has 2 aliphatic heterocycles. The number of carbonyl (C=O) groups excluding carboxylic acids is 4. The highest BCUT2D eigenvalue weighted by molar-refractivity contribution is 5.85. The molecule has 1 aromatic rings. The molecule has 11 nitrogen and oxygen atoms in total. The van der Waals surface area contributed by atoms with Crippen LogP contribution in [-0.4, -0.2) is 60.5 Å². The summed E-state index contributed by atoms with van der Waals surface area (Å²) in [6.45, 7) is 6.19. The van der Waals surface area contributed by atoms with Crippen LogP contribution in [0.25, 0.3) is 0 Å². The maximum absolute atomic E-state index is 12.6. The summed E-state index contributed by atoms with van der Waals surface area (Å²) < 4.78 is 33.7. The SMILES string of the molecule is COC(=O)CC1CC(OC(C)=O)C(OC(C)=O)C2OC3=C(C)C4=CC(=O)OC(c5ccoc5)C4C(O)C3C12C. The Hall–Kier alpha value is -3.60. The number of cyclic esters (lactones) is 1. The topological polar surface area (TPSA) is 148 Å². The van der Waals surface area contributed by atoms with E-state index >= 15 is 0 Å². The Bertz CT molecular complexity index is 1240. The smallest absolute Gasteiger partial charge is 0.331 e. The lowest BCUT2D eigenvalue weighted by atomic mass is 9.53. The van der Waals surface area contributed by atoms with Crippen LogP contribution in [0.2, 0.25) is 0 Å². The summed E-state index contributed by atoms with van der Waals surface area (Å²) in [6, 6.07) is 1.68. The van der Waals surface area contributed by atoms with Crippen LogP contribution in [0.3, 0.4) is 0 Å². The molecule has 0 spiro atoms. The Morgan fingerprint density at radius 3 is 2.49 bits per heavy atom. The van der Waals surface area contributed by atoms with Gasteiger partial charge in [0.15, 0.2) is 6.10 Å². The number of hydrogen-bond acceptors (Lipinski definition) is 11. The molecule has 2 aliphatic carbocycles. The molecule has 0 radical (unpaired) electrons. The third-order valence-corrected chi connectivity index (χ3v) is 8.73. The largest absolute Gasteiger partial charge is 0.489 e. The Kier molecular flexibility index (Phi) is 6.82. The van der Waals surface area contributed by atoms with Crippen molar-refractivity contribution < 1.29 is 52.4 Å². The molecule has 1 saturated carbocycles. The van der Waals surface area contributed by atoms with Crippen molar-refractivity contribution in [2.75, 3.05) is 7.11 Å². The van der Waals surface area contributed by atoms with Crippen LogP contribution in [0.4, 0.5) is 0 Å². The lowest BCUT2D eigenvalue weighted by molar-refractivity contribution is -0.203. The molecule has 0 bridgehead atoms. The van der Waals surface area contributed by atoms with E-state index in [-0.39, 0.29) is 12.8 Å². The zero-order valence-corrected chi connectivity index (χ0v) is 22.4. The number of fused-ring (bicyclic) bond motifs is 4. The molecule has 9 atom stereocenters. The van der Waals surface area contributed by atoms with Crippen molar-refractivity contribution in [2.24, 2.45) is 23.2 Å². The molecule has 1 saturated heterocycles. The van der Waals surface area contributed by atoms with Crippen LogP contribution in [0, 0.1) is 23.2 Å². The first-order valence-electron chi connectivity index (χ1n) is 12.9. The zero-order valence-electron chi connectivity index (χ0n) is 22.4. The number of aliphatic hydroxyl groups is 1. The maximum Gasteiger partial charge on any atom is 0.331 e. The molecule has 4 aliphatic rings. The molecule has 39 heavy (non-hydrogen) atoms. The van der Waals surface area contributed by atoms with Gasteiger partial charge < -0.3 is 33.2 Å². The van der Waals surface area contributed by atoms with Gasteiger partial charge in [-0.2, -0.15) is 0 Å². The van der Waals surface area contributed by atoms with E-state index in [1.165, 1.54) is 39.6 Å². The molecule has 9 unspecified atom stereocenters. The van der Waals surface area contributed by atoms with Crippen molar-refractivity contribution in [3.05, 3.63) is 47.1 Å². The van der Waals surface area contributed by atoms with Crippen LogP contribution in [-0.2, 0) is 42.9 Å². The second-order valence-electron chi connectivity index (χ2n) is 10.8. The molecule has 210 valence electrons. The Balaban J connectivity index is 1.65. The maximum atomic E-state index is 12.6. The van der Waals surface area contributed by atoms with Gasteiger partial charge in [-0.25, -0.2) is 4.79 Å². The van der Waals surface area contributed by atoms with Crippen LogP contribution in [0.5, 0.6) is 0 Å². The summed E-state index contributed by atoms with van der Waals surface area (Å²) in [6.07, 6.45) is -0.257. The van der Waals surface area contributed by atoms with Crippen molar-refractivity contribution in [1.29, 1.82) is 0 Å². The number of methoxy groups -OCH3 is 1. The minimum atomic E-state index is -1.11. The average molecular weight is 545 g/mol. The van der Waals surface area contributed by atoms with Gasteiger partial charge in [0.2, 0.25) is 0 Å². The molecule has 5 rings (SSSR count). The van der Waals surface area contributed by atoms with Crippen LogP contribution in [0.1, 0.15) is 52.2 Å². The molecule has 3 heterocycles. The third-order valence-electron chi connectivity index (χ3n) is 8.73. The predicted octanol–water partition coefficient (Wildman–Crippen LogP) is 2.54. The van der Waals surface area contributed by atoms with Gasteiger partial charge in [0.25, 0.3) is 0 Å². The standard InChI is InChI=1S/C28H32O11/c1-12-17-10-20(32)38-25(15-6-7-35-11-15)21(17)23(33)22-24(12)39-27-26(37-14(3)30)18(36-13(2)29)8-16(28(22,27)4)9-19(31)34-5/h6-7,10-11,16,18,21-23,25-27,33H,8-9H2,1-5H3. The fraction of sp³-hybridized carbons (Fsp3) is 0.571. The third kappa shape index (κ3) is 4.32. The highest BCUT2D eigenvalue weighted by Crippen LogP contribution is 2.64. The van der Waals surface area contributed by atoms with Gasteiger partial charge in [-0.05, 0) is 36.5 Å². The number of rotatable bonds is 5. The van der Waals surface area contributed by atoms with Crippen molar-refractivity contribution in [1.82, 2.24) is 0 Å². The molecule has 1 N–H and O–H groups in total. The predicted molar refractivity (Wildman–Crippen MR) is 130 cm³/mol. The zero-order chi connectivity index (χ0) is 28.2. The van der Waals surface area contributed by atoms with E-state index in [2.05, 4.69) is 0 Å². The summed E-state index contributed by atoms with van der Waals surface area (Å²) in [7, 11) is 1.29. The van der Waals surface area contributed by atoms with Crippen LogP contribution in [0.15, 0.2) is 46.0 Å². The van der Waals surface area contributed by atoms with Gasteiger partial charge in [0.1, 0.15) is 24.1 Å². The number of allylic oxidation sites excluding steroid dienone is 1. The van der Waals surface area contributed by atoms with E-state index in [0.717, 1.165) is 0 Å². The molecule has 2 fully saturated rings. The van der Waals surface area contributed by atoms with Gasteiger partial charge in [-0.15, -0.1) is 0 Å². The number of esters is 4. The van der Waals surface area contributed by atoms with E-state index in [9.17, 15) is 24.3 Å². The van der Waals surface area contributed by atoms with Gasteiger partial charge in [0.05, 0.1) is 37.6 Å². The number of carbonyl (C=O) groups is 4. The quantitative estimate of drug-likeness (QED) is 0.431. The molecule has 0 amide bonds. The Morgan fingerprint density at radius 2 is 1.87 bits per heavy atom. The second-order valence-corrected chi connectivity index (χ2v) is 10.8. The van der Waals surface area contributed by atoms with E-state index in [1.54, 1.807) is 13.0 Å². The average Bonchev–Trinajstić information content (AvgIpc) is 3.51. The van der Waals surface area contributed by atoms with E-state index in [0.29, 0.717) is 22.5 Å². The summed E-state index contributed by atoms with van der Waals surface area (Å²) in [5.41, 5.74) is 0.855. The lowest BCUT2D eigenvalue weighted by Gasteiger charge is -2.51. The molecule has 11 heteroatoms. The van der Waals surface area contributed by atoms with Crippen molar-refractivity contribution in [2.45, 2.75) is 71.1 Å². The highest BCUT2D eigenvalue weighted by Gasteiger charge is 2.69. The second kappa shape index (κ2) is 9.86. The number of ether oxygens (including phenoxy) is 5. The fourth-order valence-electron chi connectivity index (χ4n) is 7.06. The van der Waals surface area contributed by atoms with Gasteiger partial charge >= 0.3 is 23.9 Å². The first-order valence-corrected chi connectivity index (χ1v) is 12.9. The number of furan rings is 1. The number of aliphatic hydroxyl groups excluding tert-OH is 1. The first-order chi connectivity index (χ1) is 18.5. The molecular weight excluding hydrogens is 512 g/mol. The van der Waals surface area contributed by atoms with E-state index < -0.39 is 77.6 Å². The molecule has 1 aromatic heterocycles. The normalized spacial score (nSPS) is 36.9. The van der Waals surface area contributed by atoms with Gasteiger partial charge in [0, 0.05) is 37.3 Å². The van der Waals surface area contributed by atoms with Crippen LogP contribution < -0.4 is 0 Å². The van der Waals surface area contributed by atoms with Crippen LogP contribution >= 0.6 is 0 Å². The monoisotopic (exact) mass is 544 g/mol. The molecular formula is C28H32O11. The summed E-state index contributed by atoms with van der Waals surface area (Å²) in [4.78, 5) is 49.3. The summed E-state index contributed by atoms with van der Waals surface area (Å²) in [5.74, 6) is -3.56. The minimum Gasteiger partial charge on any atom is -0.489 e. The van der Waals surface area contributed by atoms with E-state index in [1.807, 2.05) is 6.92 Å². The fourth-order valence-corrected chi connectivity index (χ4v) is 7.06. The van der Waals surface area contributed by atoms with Gasteiger partial charge in [-0.1, -0.05) is 6.92 Å². The van der Waals surface area contributed by atoms with Crippen molar-refractivity contribution in [3.8, 4) is 0 Å². The van der Waals surface area contributed by atoms with Crippen molar-refractivity contribution >= 4 is 23.9 Å². The highest BCUT2D eigenvalue weighted by atomic mass is 16.6. The van der Waals surface area contributed by atoms with E-state index in [4.69, 9.17) is 28.1 Å². The van der Waals surface area contributed by atoms with Crippen molar-refractivity contribution in [3.63, 3.8) is 0 Å².